The lowest BCUT2D eigenvalue weighted by atomic mass is 9.81. The van der Waals surface area contributed by atoms with Crippen LogP contribution in [-0.2, 0) is 5.79 Å². The van der Waals surface area contributed by atoms with E-state index in [0.29, 0.717) is 40.0 Å². The molecular weight excluding hydrogens is 684 g/mol. The van der Waals surface area contributed by atoms with Crippen LogP contribution in [0, 0.1) is 0 Å². The summed E-state index contributed by atoms with van der Waals surface area (Å²) < 4.78 is 15.4. The lowest BCUT2D eigenvalue weighted by molar-refractivity contribution is -0.0811. The summed E-state index contributed by atoms with van der Waals surface area (Å²) in [5.41, 5.74) is 4.66. The molecule has 0 saturated carbocycles. The Kier molecular flexibility index (Phi) is 8.62. The van der Waals surface area contributed by atoms with Gasteiger partial charge < -0.3 is 9.47 Å². The van der Waals surface area contributed by atoms with E-state index in [1.807, 2.05) is 91.0 Å². The fourth-order valence-corrected chi connectivity index (χ4v) is 7.94. The van der Waals surface area contributed by atoms with Crippen molar-refractivity contribution in [3.63, 3.8) is 0 Å². The van der Waals surface area contributed by atoms with Crippen LogP contribution in [0.15, 0.2) is 131 Å². The number of carbonyl (C=O) groups excluding carboxylic acids is 2. The van der Waals surface area contributed by atoms with E-state index in [1.54, 1.807) is 12.1 Å². The highest BCUT2D eigenvalue weighted by molar-refractivity contribution is 9.10. The van der Waals surface area contributed by atoms with Gasteiger partial charge in [-0.2, -0.15) is 0 Å². The van der Waals surface area contributed by atoms with Crippen molar-refractivity contribution in [3.05, 3.63) is 154 Å². The monoisotopic (exact) mass is 720 g/mol. The highest BCUT2D eigenvalue weighted by Gasteiger charge is 2.44. The van der Waals surface area contributed by atoms with Gasteiger partial charge >= 0.3 is 5.79 Å². The third-order valence-electron chi connectivity index (χ3n) is 10.0. The van der Waals surface area contributed by atoms with Crippen molar-refractivity contribution in [1.82, 2.24) is 0 Å². The topological polar surface area (TPSA) is 52.6 Å². The molecule has 1 heterocycles. The summed E-state index contributed by atoms with van der Waals surface area (Å²) in [6.45, 7) is 2.21. The first-order chi connectivity index (χ1) is 24.5. The predicted octanol–water partition coefficient (Wildman–Crippen LogP) is 12.2. The van der Waals surface area contributed by atoms with Crippen LogP contribution in [0.3, 0.4) is 0 Å². The maximum atomic E-state index is 14.6. The van der Waals surface area contributed by atoms with Crippen LogP contribution >= 0.6 is 15.9 Å². The molecule has 0 radical (unpaired) electrons. The average Bonchev–Trinajstić information content (AvgIpc) is 3.31. The minimum Gasteiger partial charge on any atom is -0.444 e. The highest BCUT2D eigenvalue weighted by Crippen LogP contribution is 2.54. The number of rotatable bonds is 9. The lowest BCUT2D eigenvalue weighted by Gasteiger charge is -2.34. The minimum absolute atomic E-state index is 0.0855. The van der Waals surface area contributed by atoms with E-state index in [2.05, 4.69) is 41.1 Å². The summed E-state index contributed by atoms with van der Waals surface area (Å²) in [5, 5.41) is 3.53. The van der Waals surface area contributed by atoms with Crippen molar-refractivity contribution in [1.29, 1.82) is 0 Å². The molecule has 0 saturated heterocycles. The van der Waals surface area contributed by atoms with Gasteiger partial charge in [0.25, 0.3) is 0 Å². The zero-order valence-corrected chi connectivity index (χ0v) is 29.6. The van der Waals surface area contributed by atoms with Gasteiger partial charge in [0, 0.05) is 48.8 Å². The highest BCUT2D eigenvalue weighted by atomic mass is 79.9. The van der Waals surface area contributed by atoms with E-state index >= 15 is 0 Å². The Labute approximate surface area is 300 Å². The first-order valence-electron chi connectivity index (χ1n) is 17.6. The summed E-state index contributed by atoms with van der Waals surface area (Å²) in [4.78, 5) is 28.4. The van der Waals surface area contributed by atoms with Gasteiger partial charge in [0.1, 0.15) is 11.5 Å². The molecule has 2 aliphatic rings. The molecule has 0 bridgehead atoms. The van der Waals surface area contributed by atoms with E-state index in [0.717, 1.165) is 62.1 Å². The number of unbranched alkanes of at least 4 members (excludes halogenated alkanes) is 5. The van der Waals surface area contributed by atoms with E-state index in [-0.39, 0.29) is 11.6 Å². The van der Waals surface area contributed by atoms with Gasteiger partial charge in [-0.05, 0) is 65.4 Å². The number of benzene rings is 6. The number of ether oxygens (including phenoxy) is 2. The maximum absolute atomic E-state index is 14.6. The van der Waals surface area contributed by atoms with Gasteiger partial charge in [-0.3, -0.25) is 9.59 Å². The SMILES string of the molecule is CCCCCCCCC1=CC(=O)c2ccc3ccc4c(c3c2C1=O)-c1c(ccc2ccc(Br)cc12)OC(c1ccccc1)(c1ccccc1)O4. The Morgan fingerprint density at radius 3 is 1.92 bits per heavy atom. The van der Waals surface area contributed by atoms with Gasteiger partial charge in [0.05, 0.1) is 0 Å². The number of halogens is 1. The van der Waals surface area contributed by atoms with Crippen molar-refractivity contribution >= 4 is 49.0 Å². The second kappa shape index (κ2) is 13.4. The molecular formula is C45H37BrO4. The normalized spacial score (nSPS) is 14.6. The Balaban J connectivity index is 1.40. The molecule has 0 aromatic heterocycles. The number of carbonyl (C=O) groups is 2. The van der Waals surface area contributed by atoms with Crippen molar-refractivity contribution in [3.8, 4) is 22.6 Å². The van der Waals surface area contributed by atoms with Crippen LogP contribution in [0.25, 0.3) is 32.7 Å². The van der Waals surface area contributed by atoms with Crippen LogP contribution in [0.5, 0.6) is 11.5 Å². The van der Waals surface area contributed by atoms with Gasteiger partial charge in [0.15, 0.2) is 11.6 Å². The summed E-state index contributed by atoms with van der Waals surface area (Å²) >= 11 is 3.72. The molecule has 0 fully saturated rings. The van der Waals surface area contributed by atoms with Crippen LogP contribution in [-0.4, -0.2) is 11.6 Å². The molecule has 0 spiro atoms. The van der Waals surface area contributed by atoms with Crippen molar-refractivity contribution in [2.24, 2.45) is 0 Å². The smallest absolute Gasteiger partial charge is 0.305 e. The van der Waals surface area contributed by atoms with Crippen molar-refractivity contribution in [2.75, 3.05) is 0 Å². The largest absolute Gasteiger partial charge is 0.444 e. The Bertz CT molecular complexity index is 2270. The summed E-state index contributed by atoms with van der Waals surface area (Å²) in [6.07, 6.45) is 8.81. The van der Waals surface area contributed by atoms with E-state index < -0.39 is 5.79 Å². The van der Waals surface area contributed by atoms with Gasteiger partial charge in [-0.15, -0.1) is 0 Å². The molecule has 0 N–H and O–H groups in total. The standard InChI is InChI=1S/C45H37BrO4/c1-2-3-4-5-6-9-14-31-27-37(47)35-24-20-30-22-26-39-43(40(30)42(35)44(31)48)41-36-28-34(46)23-19-29(36)21-25-38(41)49-45(50-39,32-15-10-7-11-16-32)33-17-12-8-13-18-33/h7-8,10-13,15-28H,2-6,9,14H2,1H3. The van der Waals surface area contributed by atoms with Crippen LogP contribution < -0.4 is 9.47 Å². The Morgan fingerprint density at radius 2 is 1.22 bits per heavy atom. The van der Waals surface area contributed by atoms with Crippen LogP contribution in [0.4, 0.5) is 0 Å². The van der Waals surface area contributed by atoms with E-state index in [9.17, 15) is 9.59 Å². The second-order valence-corrected chi connectivity index (χ2v) is 14.2. The Hall–Kier alpha value is -5.00. The van der Waals surface area contributed by atoms with E-state index in [4.69, 9.17) is 9.47 Å². The summed E-state index contributed by atoms with van der Waals surface area (Å²) in [7, 11) is 0. The van der Waals surface area contributed by atoms with Crippen LogP contribution in [0.2, 0.25) is 0 Å². The average molecular weight is 722 g/mol. The zero-order chi connectivity index (χ0) is 34.2. The zero-order valence-electron chi connectivity index (χ0n) is 28.0. The molecule has 6 aromatic carbocycles. The molecule has 0 atom stereocenters. The molecule has 1 aliphatic carbocycles. The number of fused-ring (bicyclic) bond motifs is 9. The predicted molar refractivity (Wildman–Crippen MR) is 204 cm³/mol. The first-order valence-corrected chi connectivity index (χ1v) is 18.4. The molecule has 5 heteroatoms. The van der Waals surface area contributed by atoms with E-state index in [1.165, 1.54) is 19.3 Å². The number of hydrogen-bond donors (Lipinski definition) is 0. The number of allylic oxidation sites excluding steroid dienone is 2. The van der Waals surface area contributed by atoms with Crippen molar-refractivity contribution in [2.45, 2.75) is 57.7 Å². The summed E-state index contributed by atoms with van der Waals surface area (Å²) in [6, 6.07) is 37.9. The fraction of sp³-hybridized carbons (Fsp3) is 0.200. The number of ketones is 2. The molecule has 50 heavy (non-hydrogen) atoms. The molecule has 0 unspecified atom stereocenters. The molecule has 8 rings (SSSR count). The summed E-state index contributed by atoms with van der Waals surface area (Å²) in [5.74, 6) is -0.387. The third-order valence-corrected chi connectivity index (χ3v) is 10.5. The quantitative estimate of drug-likeness (QED) is 0.140. The molecule has 248 valence electrons. The lowest BCUT2D eigenvalue weighted by Crippen LogP contribution is -2.40. The molecule has 4 nitrogen and oxygen atoms in total. The number of hydrogen-bond acceptors (Lipinski definition) is 4. The minimum atomic E-state index is -1.35. The fourth-order valence-electron chi connectivity index (χ4n) is 7.58. The maximum Gasteiger partial charge on any atom is 0.305 e. The Morgan fingerprint density at radius 1 is 0.620 bits per heavy atom. The number of Topliss-reactive ketones (excluding diaryl/α,β-unsaturated/α-hetero) is 1. The van der Waals surface area contributed by atoms with Crippen LogP contribution in [0.1, 0.15) is 83.7 Å². The molecule has 1 aliphatic heterocycles. The molecule has 0 amide bonds. The van der Waals surface area contributed by atoms with Gasteiger partial charge in [0.2, 0.25) is 0 Å². The van der Waals surface area contributed by atoms with Gasteiger partial charge in [-0.1, -0.05) is 140 Å². The van der Waals surface area contributed by atoms with Crippen molar-refractivity contribution < 1.29 is 19.1 Å². The first kappa shape index (κ1) is 32.2. The van der Waals surface area contributed by atoms with Gasteiger partial charge in [-0.25, -0.2) is 0 Å². The molecule has 6 aromatic rings. The second-order valence-electron chi connectivity index (χ2n) is 13.3. The third kappa shape index (κ3) is 5.54.